The minimum atomic E-state index is -4.71. The molecule has 0 spiro atoms. The van der Waals surface area contributed by atoms with E-state index in [1.807, 2.05) is 0 Å². The SMILES string of the molecule is [2H]C([2H])([2H])c1ccc(B2OC(C)(C)C(C)(C)O2)c(C(F)(F)F)c1. The molecule has 1 aliphatic rings. The van der Waals surface area contributed by atoms with Gasteiger partial charge in [0.1, 0.15) is 0 Å². The molecule has 110 valence electrons. The first-order valence-corrected chi connectivity index (χ1v) is 6.22. The first-order valence-electron chi connectivity index (χ1n) is 7.72. The molecule has 0 saturated carbocycles. The molecular weight excluding hydrogens is 268 g/mol. The third-order valence-corrected chi connectivity index (χ3v) is 3.87. The van der Waals surface area contributed by atoms with E-state index < -0.39 is 36.9 Å². The van der Waals surface area contributed by atoms with Crippen molar-refractivity contribution in [1.82, 2.24) is 0 Å². The van der Waals surface area contributed by atoms with Crippen LogP contribution in [0.25, 0.3) is 0 Å². The lowest BCUT2D eigenvalue weighted by Gasteiger charge is -2.32. The van der Waals surface area contributed by atoms with Crippen LogP contribution in [-0.2, 0) is 15.5 Å². The monoisotopic (exact) mass is 289 g/mol. The van der Waals surface area contributed by atoms with E-state index in [9.17, 15) is 13.2 Å². The molecule has 1 saturated heterocycles. The van der Waals surface area contributed by atoms with Gasteiger partial charge < -0.3 is 9.31 Å². The third kappa shape index (κ3) is 2.59. The number of hydrogen-bond acceptors (Lipinski definition) is 2. The quantitative estimate of drug-likeness (QED) is 0.738. The maximum absolute atomic E-state index is 13.4. The van der Waals surface area contributed by atoms with Gasteiger partial charge in [0.15, 0.2) is 0 Å². The predicted octanol–water partition coefficient (Wildman–Crippen LogP) is 3.31. The molecule has 1 aromatic carbocycles. The molecule has 1 fully saturated rings. The zero-order chi connectivity index (χ0) is 17.8. The normalized spacial score (nSPS) is 24.1. The highest BCUT2D eigenvalue weighted by Crippen LogP contribution is 2.38. The summed E-state index contributed by atoms with van der Waals surface area (Å²) in [5.41, 5.74) is -3.22. The Labute approximate surface area is 121 Å². The molecule has 20 heavy (non-hydrogen) atoms. The fraction of sp³-hybridized carbons (Fsp3) is 0.571. The van der Waals surface area contributed by atoms with Crippen LogP contribution in [0.1, 0.15) is 42.9 Å². The summed E-state index contributed by atoms with van der Waals surface area (Å²) in [6.45, 7) is 4.32. The molecule has 0 amide bonds. The van der Waals surface area contributed by atoms with Crippen LogP contribution in [0, 0.1) is 6.85 Å². The standard InChI is InChI=1S/C14H18BF3O2/c1-9-6-7-11(10(8-9)14(16,17)18)15-19-12(2,3)13(4,5)20-15/h6-8H,1-5H3/i1D3. The summed E-state index contributed by atoms with van der Waals surface area (Å²) in [5.74, 6) is 0. The Morgan fingerprint density at radius 1 is 1.10 bits per heavy atom. The third-order valence-electron chi connectivity index (χ3n) is 3.87. The molecule has 0 unspecified atom stereocenters. The molecule has 2 rings (SSSR count). The smallest absolute Gasteiger partial charge is 0.399 e. The number of aryl methyl sites for hydroxylation is 1. The van der Waals surface area contributed by atoms with Gasteiger partial charge in [-0.3, -0.25) is 0 Å². The van der Waals surface area contributed by atoms with Crippen LogP contribution in [0.5, 0.6) is 0 Å². The second-order valence-electron chi connectivity index (χ2n) is 5.89. The zero-order valence-corrected chi connectivity index (χ0v) is 11.8. The van der Waals surface area contributed by atoms with Crippen molar-refractivity contribution in [3.8, 4) is 0 Å². The van der Waals surface area contributed by atoms with Crippen LogP contribution < -0.4 is 5.46 Å². The maximum atomic E-state index is 13.4. The molecule has 0 aromatic heterocycles. The lowest BCUT2D eigenvalue weighted by molar-refractivity contribution is -0.136. The largest absolute Gasteiger partial charge is 0.495 e. The first kappa shape index (κ1) is 11.6. The molecule has 1 aliphatic heterocycles. The number of halogens is 3. The van der Waals surface area contributed by atoms with Crippen molar-refractivity contribution in [2.75, 3.05) is 0 Å². The average Bonchev–Trinajstić information content (AvgIpc) is 2.55. The number of rotatable bonds is 1. The lowest BCUT2D eigenvalue weighted by atomic mass is 9.75. The Kier molecular flexibility index (Phi) is 2.62. The predicted molar refractivity (Wildman–Crippen MR) is 71.9 cm³/mol. The number of hydrogen-bond donors (Lipinski definition) is 0. The summed E-state index contributed by atoms with van der Waals surface area (Å²) < 4.78 is 73.2. The second-order valence-corrected chi connectivity index (χ2v) is 5.89. The summed E-state index contributed by atoms with van der Waals surface area (Å²) in [6, 6.07) is 2.92. The van der Waals surface area contributed by atoms with Crippen molar-refractivity contribution in [2.45, 2.75) is 51.9 Å². The van der Waals surface area contributed by atoms with Crippen LogP contribution in [0.3, 0.4) is 0 Å². The summed E-state index contributed by atoms with van der Waals surface area (Å²) in [4.78, 5) is 0. The minimum Gasteiger partial charge on any atom is -0.399 e. The van der Waals surface area contributed by atoms with Gasteiger partial charge in [0.05, 0.1) is 16.8 Å². The Balaban J connectivity index is 2.52. The summed E-state index contributed by atoms with van der Waals surface area (Å²) in [7, 11) is -1.21. The fourth-order valence-corrected chi connectivity index (χ4v) is 1.98. The van der Waals surface area contributed by atoms with Crippen molar-refractivity contribution in [3.05, 3.63) is 29.3 Å². The van der Waals surface area contributed by atoms with Gasteiger partial charge in [-0.1, -0.05) is 17.7 Å². The Bertz CT molecular complexity index is 596. The number of benzene rings is 1. The van der Waals surface area contributed by atoms with Crippen LogP contribution in [0.4, 0.5) is 13.2 Å². The van der Waals surface area contributed by atoms with Gasteiger partial charge in [-0.2, -0.15) is 13.2 Å². The highest BCUT2D eigenvalue weighted by atomic mass is 19.4. The molecular formula is C14H18BF3O2. The topological polar surface area (TPSA) is 18.5 Å². The fourth-order valence-electron chi connectivity index (χ4n) is 1.98. The zero-order valence-electron chi connectivity index (χ0n) is 14.8. The van der Waals surface area contributed by atoms with E-state index in [2.05, 4.69) is 0 Å². The molecule has 0 bridgehead atoms. The highest BCUT2D eigenvalue weighted by molar-refractivity contribution is 6.62. The van der Waals surface area contributed by atoms with E-state index in [0.717, 1.165) is 12.1 Å². The summed E-state index contributed by atoms with van der Waals surface area (Å²) in [5, 5.41) is 0. The van der Waals surface area contributed by atoms with Gasteiger partial charge in [0.25, 0.3) is 0 Å². The van der Waals surface area contributed by atoms with Crippen molar-refractivity contribution in [3.63, 3.8) is 0 Å². The molecule has 0 atom stereocenters. The average molecular weight is 289 g/mol. The summed E-state index contributed by atoms with van der Waals surface area (Å²) in [6.07, 6.45) is -4.71. The molecule has 6 heteroatoms. The van der Waals surface area contributed by atoms with E-state index in [-0.39, 0.29) is 11.0 Å². The van der Waals surface area contributed by atoms with Crippen LogP contribution >= 0.6 is 0 Å². The van der Waals surface area contributed by atoms with Crippen molar-refractivity contribution >= 4 is 12.6 Å². The van der Waals surface area contributed by atoms with Crippen LogP contribution in [0.2, 0.25) is 0 Å². The molecule has 0 N–H and O–H groups in total. The molecule has 1 heterocycles. The Morgan fingerprint density at radius 3 is 2.10 bits per heavy atom. The van der Waals surface area contributed by atoms with Crippen LogP contribution in [-0.4, -0.2) is 18.3 Å². The van der Waals surface area contributed by atoms with Gasteiger partial charge in [0.2, 0.25) is 0 Å². The Morgan fingerprint density at radius 2 is 1.65 bits per heavy atom. The molecule has 2 nitrogen and oxygen atoms in total. The maximum Gasteiger partial charge on any atom is 0.495 e. The van der Waals surface area contributed by atoms with Gasteiger partial charge in [-0.25, -0.2) is 0 Å². The van der Waals surface area contributed by atoms with Crippen LogP contribution in [0.15, 0.2) is 18.2 Å². The van der Waals surface area contributed by atoms with E-state index in [0.29, 0.717) is 6.07 Å². The second kappa shape index (κ2) is 4.50. The van der Waals surface area contributed by atoms with Gasteiger partial charge in [-0.05, 0) is 46.1 Å². The lowest BCUT2D eigenvalue weighted by Crippen LogP contribution is -2.41. The first-order chi connectivity index (χ1) is 10.2. The van der Waals surface area contributed by atoms with Crippen molar-refractivity contribution in [1.29, 1.82) is 0 Å². The van der Waals surface area contributed by atoms with Gasteiger partial charge in [0, 0.05) is 4.11 Å². The van der Waals surface area contributed by atoms with Gasteiger partial charge in [-0.15, -0.1) is 0 Å². The van der Waals surface area contributed by atoms with E-state index in [1.165, 1.54) is 0 Å². The Hall–Kier alpha value is -1.01. The van der Waals surface area contributed by atoms with Crippen molar-refractivity contribution < 1.29 is 26.6 Å². The number of alkyl halides is 3. The molecule has 0 aliphatic carbocycles. The van der Waals surface area contributed by atoms with E-state index in [4.69, 9.17) is 13.4 Å². The van der Waals surface area contributed by atoms with E-state index in [1.54, 1.807) is 27.7 Å². The molecule has 0 radical (unpaired) electrons. The highest BCUT2D eigenvalue weighted by Gasteiger charge is 2.53. The summed E-state index contributed by atoms with van der Waals surface area (Å²) >= 11 is 0. The van der Waals surface area contributed by atoms with E-state index >= 15 is 0 Å². The van der Waals surface area contributed by atoms with Gasteiger partial charge >= 0.3 is 13.3 Å². The minimum absolute atomic E-state index is 0.218. The molecule has 1 aromatic rings. The van der Waals surface area contributed by atoms with Crippen molar-refractivity contribution in [2.24, 2.45) is 0 Å².